The summed E-state index contributed by atoms with van der Waals surface area (Å²) in [6.45, 7) is 5.83. The van der Waals surface area contributed by atoms with E-state index in [1.54, 1.807) is 4.90 Å². The minimum absolute atomic E-state index is 0.0309. The highest BCUT2D eigenvalue weighted by molar-refractivity contribution is 7.85. The molecule has 0 aromatic heterocycles. The summed E-state index contributed by atoms with van der Waals surface area (Å²) in [6.07, 6.45) is 42.7. The molecule has 0 rings (SSSR count). The van der Waals surface area contributed by atoms with E-state index >= 15 is 0 Å². The van der Waals surface area contributed by atoms with E-state index in [9.17, 15) is 22.8 Å². The van der Waals surface area contributed by atoms with Gasteiger partial charge in [0.05, 0.1) is 33.4 Å². The van der Waals surface area contributed by atoms with E-state index in [-0.39, 0.29) is 31.1 Å². The number of esters is 2. The molecule has 0 aliphatic rings. The number of allylic oxidation sites excluding steroid dienone is 4. The van der Waals surface area contributed by atoms with E-state index in [0.29, 0.717) is 38.7 Å². The molecule has 0 fully saturated rings. The quantitative estimate of drug-likeness (QED) is 0.0273. The lowest BCUT2D eigenvalue weighted by molar-refractivity contribution is -0.849. The fraction of sp³-hybridized carbons (Fsp3) is 0.844. The molecule has 0 aromatic carbocycles. The standard InChI is InChI=1S/C44H82N2O5.CH4O3S/c1-5-7-9-11-13-15-17-19-21-23-25-27-29-31-33-35-43(48)50-39-37-46(42(47)41-45(3)4)38-40-51-44(49)36-34-32-30-28-26-24-22-20-18-16-14-12-10-8-6-2;1-5(2,3)4/h19-22H,5-18,23-41H2,1-4H3;1H3,(H,2,3,4)/p+1/b21-19-,22-20-;. The fourth-order valence-corrected chi connectivity index (χ4v) is 6.14. The minimum atomic E-state index is -3.67. The van der Waals surface area contributed by atoms with Gasteiger partial charge in [-0.3, -0.25) is 18.9 Å². The van der Waals surface area contributed by atoms with Crippen molar-refractivity contribution >= 4 is 28.0 Å². The van der Waals surface area contributed by atoms with Crippen LogP contribution in [0.3, 0.4) is 0 Å². The zero-order valence-corrected chi connectivity index (χ0v) is 37.6. The van der Waals surface area contributed by atoms with Gasteiger partial charge in [0.15, 0.2) is 6.54 Å². The van der Waals surface area contributed by atoms with Gasteiger partial charge in [-0.25, -0.2) is 0 Å². The second kappa shape index (κ2) is 42.4. The maximum atomic E-state index is 12.8. The first-order valence-electron chi connectivity index (χ1n) is 22.5. The Balaban J connectivity index is 0. The molecule has 0 radical (unpaired) electrons. The number of ether oxygens (including phenoxy) is 2. The third-order valence-electron chi connectivity index (χ3n) is 9.39. The molecule has 1 amide bonds. The molecule has 330 valence electrons. The zero-order valence-electron chi connectivity index (χ0n) is 36.8. The summed E-state index contributed by atoms with van der Waals surface area (Å²) >= 11 is 0. The maximum Gasteiger partial charge on any atom is 0.305 e. The minimum Gasteiger partial charge on any atom is -0.464 e. The number of carbonyl (C=O) groups excluding carboxylic acids is 3. The fourth-order valence-electron chi connectivity index (χ4n) is 6.14. The lowest BCUT2D eigenvalue weighted by Gasteiger charge is -2.23. The van der Waals surface area contributed by atoms with Crippen molar-refractivity contribution in [3.8, 4) is 0 Å². The highest BCUT2D eigenvalue weighted by Crippen LogP contribution is 2.12. The Morgan fingerprint density at radius 2 is 0.821 bits per heavy atom. The van der Waals surface area contributed by atoms with Crippen LogP contribution in [0.15, 0.2) is 24.3 Å². The molecule has 0 aliphatic heterocycles. The molecule has 0 bridgehead atoms. The van der Waals surface area contributed by atoms with Gasteiger partial charge in [-0.1, -0.05) is 141 Å². The summed E-state index contributed by atoms with van der Waals surface area (Å²) in [5.74, 6) is -0.439. The van der Waals surface area contributed by atoms with Crippen molar-refractivity contribution in [1.82, 2.24) is 4.90 Å². The summed E-state index contributed by atoms with van der Waals surface area (Å²) in [5.41, 5.74) is 0. The molecule has 0 aromatic rings. The molecule has 0 heterocycles. The second-order valence-corrected chi connectivity index (χ2v) is 17.1. The first-order valence-corrected chi connectivity index (χ1v) is 24.4. The third-order valence-corrected chi connectivity index (χ3v) is 9.39. The van der Waals surface area contributed by atoms with E-state index in [1.807, 2.05) is 14.1 Å². The van der Waals surface area contributed by atoms with Crippen LogP contribution in [0.4, 0.5) is 0 Å². The van der Waals surface area contributed by atoms with Crippen LogP contribution < -0.4 is 4.90 Å². The number of nitrogens with zero attached hydrogens (tertiary/aromatic N) is 1. The van der Waals surface area contributed by atoms with Gasteiger partial charge in [0.25, 0.3) is 16.0 Å². The Morgan fingerprint density at radius 1 is 0.536 bits per heavy atom. The van der Waals surface area contributed by atoms with Gasteiger partial charge in [-0.15, -0.1) is 0 Å². The SMILES string of the molecule is CCCCCCCC/C=C\CCCCCCCC(=O)OCCN(CCOC(=O)CCCCCCC/C=C\CCCCCCCC)C(=O)C[NH+](C)C.CS(=O)(=O)O. The van der Waals surface area contributed by atoms with Crippen LogP contribution in [-0.2, 0) is 34.0 Å². The van der Waals surface area contributed by atoms with E-state index in [0.717, 1.165) is 56.3 Å². The molecule has 0 saturated heterocycles. The number of amides is 1. The number of quaternary nitrogens is 1. The van der Waals surface area contributed by atoms with Gasteiger partial charge in [-0.05, 0) is 64.2 Å². The molecule has 11 heteroatoms. The Kier molecular flexibility index (Phi) is 42.3. The van der Waals surface area contributed by atoms with Crippen molar-refractivity contribution in [2.75, 3.05) is 53.2 Å². The molecule has 0 atom stereocenters. The number of hydrogen-bond donors (Lipinski definition) is 2. The molecular formula is C45H87N2O8S+. The van der Waals surface area contributed by atoms with E-state index in [2.05, 4.69) is 38.2 Å². The van der Waals surface area contributed by atoms with Gasteiger partial charge in [0, 0.05) is 12.8 Å². The summed E-state index contributed by atoms with van der Waals surface area (Å²) in [6, 6.07) is 0. The average molecular weight is 816 g/mol. The van der Waals surface area contributed by atoms with Gasteiger partial charge >= 0.3 is 11.9 Å². The van der Waals surface area contributed by atoms with E-state index < -0.39 is 10.1 Å². The Bertz CT molecular complexity index is 1010. The van der Waals surface area contributed by atoms with Gasteiger partial charge in [0.1, 0.15) is 13.2 Å². The van der Waals surface area contributed by atoms with Crippen LogP contribution in [0, 0.1) is 0 Å². The van der Waals surface area contributed by atoms with Crippen molar-refractivity contribution in [1.29, 1.82) is 0 Å². The van der Waals surface area contributed by atoms with Crippen LogP contribution in [0.1, 0.15) is 194 Å². The first-order chi connectivity index (χ1) is 26.9. The second-order valence-electron chi connectivity index (χ2n) is 15.6. The molecule has 0 spiro atoms. The smallest absolute Gasteiger partial charge is 0.305 e. The summed E-state index contributed by atoms with van der Waals surface area (Å²) < 4.78 is 36.8. The average Bonchev–Trinajstić information content (AvgIpc) is 3.13. The number of hydrogen-bond acceptors (Lipinski definition) is 7. The van der Waals surface area contributed by atoms with Crippen molar-refractivity contribution in [3.63, 3.8) is 0 Å². The van der Waals surface area contributed by atoms with E-state index in [1.165, 1.54) is 116 Å². The predicted molar refractivity (Wildman–Crippen MR) is 233 cm³/mol. The molecule has 10 nitrogen and oxygen atoms in total. The van der Waals surface area contributed by atoms with Crippen molar-refractivity contribution in [2.24, 2.45) is 0 Å². The largest absolute Gasteiger partial charge is 0.464 e. The normalized spacial score (nSPS) is 11.6. The lowest BCUT2D eigenvalue weighted by Crippen LogP contribution is -3.07. The molecule has 56 heavy (non-hydrogen) atoms. The summed E-state index contributed by atoms with van der Waals surface area (Å²) in [4.78, 5) is 40.0. The molecule has 0 saturated carbocycles. The monoisotopic (exact) mass is 816 g/mol. The summed E-state index contributed by atoms with van der Waals surface area (Å²) in [7, 11) is 0.191. The van der Waals surface area contributed by atoms with Crippen molar-refractivity contribution in [3.05, 3.63) is 24.3 Å². The maximum absolute atomic E-state index is 12.8. The number of likely N-dealkylation sites (N-methyl/N-ethyl adjacent to an activating group) is 1. The predicted octanol–water partition coefficient (Wildman–Crippen LogP) is 9.62. The van der Waals surface area contributed by atoms with Crippen molar-refractivity contribution in [2.45, 2.75) is 194 Å². The third kappa shape index (κ3) is 49.8. The number of carbonyl (C=O) groups is 3. The highest BCUT2D eigenvalue weighted by atomic mass is 32.2. The molecule has 0 aliphatic carbocycles. The topological polar surface area (TPSA) is 132 Å². The van der Waals surface area contributed by atoms with Crippen LogP contribution in [0.2, 0.25) is 0 Å². The van der Waals surface area contributed by atoms with Crippen LogP contribution in [0.5, 0.6) is 0 Å². The summed E-state index contributed by atoms with van der Waals surface area (Å²) in [5, 5.41) is 0. The van der Waals surface area contributed by atoms with Gasteiger partial charge in [-0.2, -0.15) is 8.42 Å². The Hall–Kier alpha value is -2.24. The lowest BCUT2D eigenvalue weighted by atomic mass is 10.1. The number of rotatable bonds is 38. The molecule has 2 N–H and O–H groups in total. The van der Waals surface area contributed by atoms with Crippen LogP contribution in [0.25, 0.3) is 0 Å². The number of nitrogens with one attached hydrogen (secondary N) is 1. The zero-order chi connectivity index (χ0) is 42.0. The number of unbranched alkanes of at least 4 members (excludes halogenated alkanes) is 22. The highest BCUT2D eigenvalue weighted by Gasteiger charge is 2.18. The first kappa shape index (κ1) is 55.9. The van der Waals surface area contributed by atoms with Gasteiger partial charge < -0.3 is 19.3 Å². The molecular weight excluding hydrogens is 729 g/mol. The Labute approximate surface area is 344 Å². The Morgan fingerprint density at radius 3 is 1.12 bits per heavy atom. The van der Waals surface area contributed by atoms with Crippen LogP contribution in [-0.4, -0.2) is 88.9 Å². The van der Waals surface area contributed by atoms with Crippen molar-refractivity contribution < 1.29 is 41.7 Å². The molecule has 0 unspecified atom stereocenters. The van der Waals surface area contributed by atoms with Crippen LogP contribution >= 0.6 is 0 Å². The van der Waals surface area contributed by atoms with E-state index in [4.69, 9.17) is 14.0 Å². The van der Waals surface area contributed by atoms with Gasteiger partial charge in [0.2, 0.25) is 0 Å².